The summed E-state index contributed by atoms with van der Waals surface area (Å²) in [5.74, 6) is -0.267. The lowest BCUT2D eigenvalue weighted by molar-refractivity contribution is 0.195. The van der Waals surface area contributed by atoms with Crippen LogP contribution in [0.2, 0.25) is 0 Å². The van der Waals surface area contributed by atoms with Crippen LogP contribution in [0.3, 0.4) is 0 Å². The van der Waals surface area contributed by atoms with Crippen molar-refractivity contribution in [2.75, 3.05) is 18.1 Å². The summed E-state index contributed by atoms with van der Waals surface area (Å²) in [6.07, 6.45) is 3.85. The number of carbonyl (C=O) groups excluding carboxylic acids is 1. The van der Waals surface area contributed by atoms with Crippen LogP contribution < -0.4 is 5.32 Å². The number of hydrogen-bond donors (Lipinski definition) is 1. The predicted molar refractivity (Wildman–Crippen MR) is 124 cm³/mol. The number of halogens is 1. The summed E-state index contributed by atoms with van der Waals surface area (Å²) in [7, 11) is 0. The Labute approximate surface area is 185 Å². The zero-order valence-corrected chi connectivity index (χ0v) is 19.0. The minimum atomic E-state index is -0.267. The molecule has 0 fully saturated rings. The first-order valence-corrected chi connectivity index (χ1v) is 12.1. The maximum atomic E-state index is 13.6. The number of rotatable bonds is 4. The van der Waals surface area contributed by atoms with E-state index in [-0.39, 0.29) is 17.9 Å². The quantitative estimate of drug-likeness (QED) is 0.460. The van der Waals surface area contributed by atoms with Gasteiger partial charge in [0.05, 0.1) is 6.04 Å². The van der Waals surface area contributed by atoms with Gasteiger partial charge in [-0.25, -0.2) is 9.18 Å². The molecule has 0 aliphatic carbocycles. The molecular formula is C24H25FN2OS2. The first kappa shape index (κ1) is 20.9. The highest BCUT2D eigenvalue weighted by atomic mass is 32.2. The summed E-state index contributed by atoms with van der Waals surface area (Å²) >= 11 is 3.41. The Morgan fingerprint density at radius 3 is 2.73 bits per heavy atom. The van der Waals surface area contributed by atoms with Crippen LogP contribution in [0, 0.1) is 12.7 Å². The van der Waals surface area contributed by atoms with Gasteiger partial charge in [0.1, 0.15) is 5.82 Å². The van der Waals surface area contributed by atoms with Crippen LogP contribution in [0.15, 0.2) is 53.4 Å². The molecular weight excluding hydrogens is 415 g/mol. The average Bonchev–Trinajstić information content (AvgIpc) is 3.08. The molecule has 0 radical (unpaired) electrons. The van der Waals surface area contributed by atoms with E-state index in [0.29, 0.717) is 6.54 Å². The summed E-state index contributed by atoms with van der Waals surface area (Å²) in [6.45, 7) is 4.97. The topological polar surface area (TPSA) is 32.3 Å². The van der Waals surface area contributed by atoms with E-state index in [1.807, 2.05) is 35.4 Å². The van der Waals surface area contributed by atoms with E-state index in [2.05, 4.69) is 19.2 Å². The fourth-order valence-electron chi connectivity index (χ4n) is 4.20. The van der Waals surface area contributed by atoms with E-state index in [1.54, 1.807) is 35.2 Å². The van der Waals surface area contributed by atoms with Crippen LogP contribution >= 0.6 is 23.1 Å². The number of thioether (sulfide) groups is 1. The second kappa shape index (κ2) is 8.82. The number of nitrogens with zero attached hydrogens (tertiary/aromatic N) is 1. The molecule has 1 N–H and O–H groups in total. The van der Waals surface area contributed by atoms with Crippen LogP contribution in [0.25, 0.3) is 0 Å². The molecule has 1 aromatic heterocycles. The molecule has 0 spiro atoms. The number of thiophene rings is 1. The van der Waals surface area contributed by atoms with E-state index < -0.39 is 0 Å². The highest BCUT2D eigenvalue weighted by Gasteiger charge is 2.35. The molecule has 1 aliphatic heterocycles. The molecule has 4 rings (SSSR count). The number of hydrogen-bond acceptors (Lipinski definition) is 3. The van der Waals surface area contributed by atoms with Gasteiger partial charge in [0.2, 0.25) is 0 Å². The van der Waals surface area contributed by atoms with Crippen LogP contribution in [0.4, 0.5) is 14.9 Å². The first-order chi connectivity index (χ1) is 14.5. The summed E-state index contributed by atoms with van der Waals surface area (Å²) in [6, 6.07) is 14.1. The lowest BCUT2D eigenvalue weighted by Crippen LogP contribution is -2.42. The number of fused-ring (bicyclic) bond motifs is 1. The van der Waals surface area contributed by atoms with E-state index in [9.17, 15) is 9.18 Å². The summed E-state index contributed by atoms with van der Waals surface area (Å²) in [4.78, 5) is 18.8. The third kappa shape index (κ3) is 3.98. The number of aryl methyl sites for hydroxylation is 1. The second-order valence-corrected chi connectivity index (χ2v) is 9.53. The molecule has 3 aromatic rings. The standard InChI is InChI=1S/C24H25FN2OS2/c1-4-20-15(2)30-23-21(20)12-13-27(22(23)16-8-10-17(25)11-9-16)24(28)26-18-6-5-7-19(14-18)29-3/h5-11,14,22H,4,12-13H2,1-3H3,(H,26,28). The highest BCUT2D eigenvalue weighted by Crippen LogP contribution is 2.43. The van der Waals surface area contributed by atoms with E-state index in [4.69, 9.17) is 0 Å². The summed E-state index contributed by atoms with van der Waals surface area (Å²) in [5.41, 5.74) is 4.49. The fraction of sp³-hybridized carbons (Fsp3) is 0.292. The van der Waals surface area contributed by atoms with Gasteiger partial charge in [-0.1, -0.05) is 25.1 Å². The monoisotopic (exact) mass is 440 g/mol. The van der Waals surface area contributed by atoms with Crippen molar-refractivity contribution in [1.82, 2.24) is 4.90 Å². The van der Waals surface area contributed by atoms with Gasteiger partial charge in [-0.05, 0) is 73.0 Å². The molecule has 1 unspecified atom stereocenters. The van der Waals surface area contributed by atoms with Gasteiger partial charge >= 0.3 is 6.03 Å². The molecule has 0 saturated heterocycles. The van der Waals surface area contributed by atoms with Crippen LogP contribution in [0.1, 0.15) is 39.4 Å². The van der Waals surface area contributed by atoms with Gasteiger partial charge in [0.15, 0.2) is 0 Å². The zero-order valence-electron chi connectivity index (χ0n) is 17.4. The molecule has 3 nitrogen and oxygen atoms in total. The van der Waals surface area contributed by atoms with Crippen LogP contribution in [0.5, 0.6) is 0 Å². The summed E-state index contributed by atoms with van der Waals surface area (Å²) in [5, 5.41) is 3.07. The molecule has 2 aromatic carbocycles. The molecule has 0 bridgehead atoms. The number of nitrogens with one attached hydrogen (secondary N) is 1. The predicted octanol–water partition coefficient (Wildman–Crippen LogP) is 6.66. The highest BCUT2D eigenvalue weighted by molar-refractivity contribution is 7.98. The molecule has 0 saturated carbocycles. The van der Waals surface area contributed by atoms with Crippen molar-refractivity contribution in [3.05, 3.63) is 80.8 Å². The second-order valence-electron chi connectivity index (χ2n) is 7.39. The largest absolute Gasteiger partial charge is 0.322 e. The zero-order chi connectivity index (χ0) is 21.3. The van der Waals surface area contributed by atoms with E-state index in [0.717, 1.165) is 29.0 Å². The van der Waals surface area contributed by atoms with Gasteiger partial charge in [-0.3, -0.25) is 0 Å². The van der Waals surface area contributed by atoms with Gasteiger partial charge < -0.3 is 10.2 Å². The Kier molecular flexibility index (Phi) is 6.16. The minimum absolute atomic E-state index is 0.127. The molecule has 30 heavy (non-hydrogen) atoms. The lowest BCUT2D eigenvalue weighted by Gasteiger charge is -2.36. The molecule has 6 heteroatoms. The Hall–Kier alpha value is -2.31. The van der Waals surface area contributed by atoms with Crippen molar-refractivity contribution in [2.24, 2.45) is 0 Å². The van der Waals surface area contributed by atoms with Crippen LogP contribution in [-0.2, 0) is 12.8 Å². The third-order valence-corrected chi connectivity index (χ3v) is 7.60. The number of carbonyl (C=O) groups is 1. The molecule has 2 amide bonds. The Morgan fingerprint density at radius 1 is 1.27 bits per heavy atom. The first-order valence-electron chi connectivity index (χ1n) is 10.1. The summed E-state index contributed by atoms with van der Waals surface area (Å²) < 4.78 is 13.6. The van der Waals surface area contributed by atoms with Gasteiger partial charge in [-0.2, -0.15) is 0 Å². The Bertz CT molecular complexity index is 1060. The van der Waals surface area contributed by atoms with Crippen molar-refractivity contribution in [3.63, 3.8) is 0 Å². The normalized spacial score (nSPS) is 15.7. The number of anilines is 1. The van der Waals surface area contributed by atoms with Crippen molar-refractivity contribution in [1.29, 1.82) is 0 Å². The Balaban J connectivity index is 1.72. The van der Waals surface area contributed by atoms with Crippen molar-refractivity contribution in [3.8, 4) is 0 Å². The molecule has 156 valence electrons. The molecule has 2 heterocycles. The van der Waals surface area contributed by atoms with Gasteiger partial charge in [-0.15, -0.1) is 23.1 Å². The SMILES string of the molecule is CCc1c(C)sc2c1CCN(C(=O)Nc1cccc(SC)c1)C2c1ccc(F)cc1. The van der Waals surface area contributed by atoms with Crippen molar-refractivity contribution in [2.45, 2.75) is 37.6 Å². The smallest absolute Gasteiger partial charge is 0.312 e. The number of urea groups is 1. The number of benzene rings is 2. The maximum Gasteiger partial charge on any atom is 0.322 e. The van der Waals surface area contributed by atoms with E-state index in [1.165, 1.54) is 33.0 Å². The molecule has 1 atom stereocenters. The third-order valence-electron chi connectivity index (χ3n) is 5.63. The molecule has 1 aliphatic rings. The minimum Gasteiger partial charge on any atom is -0.312 e. The number of amides is 2. The average molecular weight is 441 g/mol. The van der Waals surface area contributed by atoms with E-state index >= 15 is 0 Å². The van der Waals surface area contributed by atoms with Crippen molar-refractivity contribution < 1.29 is 9.18 Å². The van der Waals surface area contributed by atoms with Crippen molar-refractivity contribution >= 4 is 34.8 Å². The fourth-order valence-corrected chi connectivity index (χ4v) is 6.10. The van der Waals surface area contributed by atoms with Gasteiger partial charge in [0.25, 0.3) is 0 Å². The maximum absolute atomic E-state index is 13.6. The Morgan fingerprint density at radius 2 is 2.03 bits per heavy atom. The lowest BCUT2D eigenvalue weighted by atomic mass is 9.92. The van der Waals surface area contributed by atoms with Crippen LogP contribution in [-0.4, -0.2) is 23.7 Å². The van der Waals surface area contributed by atoms with Gasteiger partial charge in [0, 0.05) is 26.9 Å².